The van der Waals surface area contributed by atoms with Crippen LogP contribution in [0.1, 0.15) is 17.3 Å². The highest BCUT2D eigenvalue weighted by atomic mass is 35.5. The fourth-order valence-electron chi connectivity index (χ4n) is 2.87. The maximum Gasteiger partial charge on any atom is 0.255 e. The fraction of sp³-hybridized carbons (Fsp3) is 0.167. The van der Waals surface area contributed by atoms with E-state index in [-0.39, 0.29) is 16.8 Å². The van der Waals surface area contributed by atoms with Crippen molar-refractivity contribution in [3.63, 3.8) is 0 Å². The van der Waals surface area contributed by atoms with Crippen LogP contribution in [0.5, 0.6) is 11.5 Å². The predicted molar refractivity (Wildman–Crippen MR) is 129 cm³/mol. The van der Waals surface area contributed by atoms with Crippen LogP contribution in [0, 0.1) is 5.82 Å². The van der Waals surface area contributed by atoms with Gasteiger partial charge in [-0.1, -0.05) is 11.6 Å². The smallest absolute Gasteiger partial charge is 0.255 e. The van der Waals surface area contributed by atoms with Crippen molar-refractivity contribution in [1.82, 2.24) is 0 Å². The van der Waals surface area contributed by atoms with Crippen molar-refractivity contribution in [3.05, 3.63) is 77.1 Å². The number of ether oxygens (including phenoxy) is 2. The van der Waals surface area contributed by atoms with E-state index in [4.69, 9.17) is 21.1 Å². The molecule has 6 nitrogen and oxygen atoms in total. The number of benzene rings is 3. The molecule has 0 fully saturated rings. The van der Waals surface area contributed by atoms with Crippen molar-refractivity contribution >= 4 is 46.6 Å². The van der Waals surface area contributed by atoms with E-state index in [2.05, 4.69) is 10.6 Å². The molecule has 0 heterocycles. The molecule has 3 aromatic rings. The Morgan fingerprint density at radius 3 is 2.21 bits per heavy atom. The number of carbonyl (C=O) groups is 2. The zero-order valence-electron chi connectivity index (χ0n) is 18.1. The van der Waals surface area contributed by atoms with Gasteiger partial charge in [0.05, 0.1) is 24.5 Å². The van der Waals surface area contributed by atoms with Crippen LogP contribution in [0.4, 0.5) is 15.8 Å². The van der Waals surface area contributed by atoms with Gasteiger partial charge in [-0.25, -0.2) is 4.39 Å². The van der Waals surface area contributed by atoms with Gasteiger partial charge < -0.3 is 20.1 Å². The van der Waals surface area contributed by atoms with Crippen LogP contribution >= 0.6 is 23.4 Å². The minimum atomic E-state index is -0.546. The fourth-order valence-corrected chi connectivity index (χ4v) is 3.92. The molecule has 0 aliphatic rings. The zero-order valence-corrected chi connectivity index (χ0v) is 19.7. The maximum atomic E-state index is 13.3. The molecule has 2 amide bonds. The summed E-state index contributed by atoms with van der Waals surface area (Å²) < 4.78 is 23.7. The van der Waals surface area contributed by atoms with Crippen molar-refractivity contribution in [2.24, 2.45) is 0 Å². The predicted octanol–water partition coefficient (Wildman–Crippen LogP) is 5.87. The molecule has 0 aromatic heterocycles. The van der Waals surface area contributed by atoms with Crippen LogP contribution in [-0.4, -0.2) is 31.3 Å². The Balaban J connectivity index is 1.58. The number of carbonyl (C=O) groups excluding carboxylic acids is 2. The number of hydrogen-bond acceptors (Lipinski definition) is 5. The monoisotopic (exact) mass is 488 g/mol. The Bertz CT molecular complexity index is 1160. The molecule has 0 saturated carbocycles. The van der Waals surface area contributed by atoms with E-state index in [0.717, 1.165) is 4.90 Å². The highest BCUT2D eigenvalue weighted by molar-refractivity contribution is 8.00. The summed E-state index contributed by atoms with van der Waals surface area (Å²) in [5.74, 6) is -0.0749. The van der Waals surface area contributed by atoms with Gasteiger partial charge in [0.15, 0.2) is 11.5 Å². The molecule has 0 saturated heterocycles. The maximum absolute atomic E-state index is 13.3. The average molecular weight is 489 g/mol. The minimum Gasteiger partial charge on any atom is -0.493 e. The SMILES string of the molecule is COc1ccc(C(=O)Nc2ccc(SC(C)C(=O)Nc3ccc(F)c(Cl)c3)cc2)cc1OC. The lowest BCUT2D eigenvalue weighted by Crippen LogP contribution is -2.22. The zero-order chi connectivity index (χ0) is 24.0. The Morgan fingerprint density at radius 2 is 1.58 bits per heavy atom. The molecule has 0 aliphatic heterocycles. The number of hydrogen-bond donors (Lipinski definition) is 2. The lowest BCUT2D eigenvalue weighted by atomic mass is 10.2. The Labute approximate surface area is 200 Å². The van der Waals surface area contributed by atoms with Crippen LogP contribution in [0.3, 0.4) is 0 Å². The number of methoxy groups -OCH3 is 2. The molecule has 172 valence electrons. The molecule has 33 heavy (non-hydrogen) atoms. The number of rotatable bonds is 8. The third-order valence-corrected chi connectivity index (χ3v) is 6.03. The van der Waals surface area contributed by atoms with Crippen molar-refractivity contribution in [1.29, 1.82) is 0 Å². The van der Waals surface area contributed by atoms with E-state index in [1.807, 2.05) is 12.1 Å². The second-order valence-electron chi connectivity index (χ2n) is 6.93. The largest absolute Gasteiger partial charge is 0.493 e. The van der Waals surface area contributed by atoms with Crippen LogP contribution in [0.2, 0.25) is 5.02 Å². The van der Waals surface area contributed by atoms with Gasteiger partial charge in [0, 0.05) is 21.8 Å². The summed E-state index contributed by atoms with van der Waals surface area (Å²) in [7, 11) is 3.03. The summed E-state index contributed by atoms with van der Waals surface area (Å²) in [5.41, 5.74) is 1.46. The van der Waals surface area contributed by atoms with E-state index in [1.54, 1.807) is 37.3 Å². The molecule has 1 atom stereocenters. The second-order valence-corrected chi connectivity index (χ2v) is 8.75. The lowest BCUT2D eigenvalue weighted by molar-refractivity contribution is -0.115. The molecule has 0 aliphatic carbocycles. The van der Waals surface area contributed by atoms with Crippen molar-refractivity contribution < 1.29 is 23.5 Å². The highest BCUT2D eigenvalue weighted by Crippen LogP contribution is 2.29. The Kier molecular flexibility index (Phi) is 8.19. The van der Waals surface area contributed by atoms with E-state index in [0.29, 0.717) is 28.4 Å². The first-order valence-corrected chi connectivity index (χ1v) is 11.1. The van der Waals surface area contributed by atoms with Gasteiger partial charge in [-0.3, -0.25) is 9.59 Å². The van der Waals surface area contributed by atoms with Gasteiger partial charge in [-0.15, -0.1) is 11.8 Å². The summed E-state index contributed by atoms with van der Waals surface area (Å²) in [5, 5.41) is 5.07. The van der Waals surface area contributed by atoms with Crippen LogP contribution in [0.25, 0.3) is 0 Å². The van der Waals surface area contributed by atoms with Crippen molar-refractivity contribution in [3.8, 4) is 11.5 Å². The van der Waals surface area contributed by atoms with Gasteiger partial charge >= 0.3 is 0 Å². The third kappa shape index (κ3) is 6.40. The Hall–Kier alpha value is -3.23. The number of nitrogens with one attached hydrogen (secondary N) is 2. The van der Waals surface area contributed by atoms with E-state index in [9.17, 15) is 14.0 Å². The van der Waals surface area contributed by atoms with Crippen molar-refractivity contribution in [2.75, 3.05) is 24.9 Å². The molecular weight excluding hydrogens is 467 g/mol. The number of amides is 2. The molecule has 3 aromatic carbocycles. The minimum absolute atomic E-state index is 0.0566. The highest BCUT2D eigenvalue weighted by Gasteiger charge is 2.16. The molecule has 9 heteroatoms. The molecule has 0 spiro atoms. The first kappa shape index (κ1) is 24.4. The van der Waals surface area contributed by atoms with E-state index in [1.165, 1.54) is 44.2 Å². The number of halogens is 2. The van der Waals surface area contributed by atoms with Crippen LogP contribution < -0.4 is 20.1 Å². The van der Waals surface area contributed by atoms with Gasteiger partial charge in [-0.2, -0.15) is 0 Å². The van der Waals surface area contributed by atoms with Gasteiger partial charge in [-0.05, 0) is 67.6 Å². The van der Waals surface area contributed by atoms with Crippen LogP contribution in [-0.2, 0) is 4.79 Å². The molecule has 2 N–H and O–H groups in total. The Morgan fingerprint density at radius 1 is 0.909 bits per heavy atom. The van der Waals surface area contributed by atoms with E-state index < -0.39 is 11.1 Å². The third-order valence-electron chi connectivity index (χ3n) is 4.63. The first-order chi connectivity index (χ1) is 15.8. The number of thioether (sulfide) groups is 1. The average Bonchev–Trinajstić information content (AvgIpc) is 2.82. The van der Waals surface area contributed by atoms with Gasteiger partial charge in [0.2, 0.25) is 5.91 Å². The quantitative estimate of drug-likeness (QED) is 0.388. The number of anilines is 2. The van der Waals surface area contributed by atoms with E-state index >= 15 is 0 Å². The standard InChI is InChI=1S/C24H22ClFN2O4S/c1-14(23(29)28-17-7-10-20(26)19(25)13-17)33-18-8-5-16(6-9-18)27-24(30)15-4-11-21(31-2)22(12-15)32-3/h4-14H,1-3H3,(H,27,30)(H,28,29). The van der Waals surface area contributed by atoms with Gasteiger partial charge in [0.25, 0.3) is 5.91 Å². The summed E-state index contributed by atoms with van der Waals surface area (Å²) in [6.45, 7) is 1.76. The van der Waals surface area contributed by atoms with Crippen LogP contribution in [0.15, 0.2) is 65.6 Å². The van der Waals surface area contributed by atoms with Gasteiger partial charge in [0.1, 0.15) is 5.82 Å². The first-order valence-electron chi connectivity index (χ1n) is 9.86. The topological polar surface area (TPSA) is 76.7 Å². The lowest BCUT2D eigenvalue weighted by Gasteiger charge is -2.13. The summed E-state index contributed by atoms with van der Waals surface area (Å²) >= 11 is 7.10. The molecule has 1 unspecified atom stereocenters. The normalized spacial score (nSPS) is 11.4. The summed E-state index contributed by atoms with van der Waals surface area (Å²) in [6, 6.07) is 16.1. The molecule has 0 bridgehead atoms. The molecular formula is C24H22ClFN2O4S. The second kappa shape index (κ2) is 11.1. The molecule has 3 rings (SSSR count). The summed E-state index contributed by atoms with van der Waals surface area (Å²) in [6.07, 6.45) is 0. The van der Waals surface area contributed by atoms with Crippen molar-refractivity contribution in [2.45, 2.75) is 17.1 Å². The summed E-state index contributed by atoms with van der Waals surface area (Å²) in [4.78, 5) is 25.8. The molecule has 0 radical (unpaired) electrons.